The Hall–Kier alpha value is -2.80. The maximum atomic E-state index is 12.6. The number of carbonyl (C=O) groups excluding carboxylic acids is 1. The number of para-hydroxylation sites is 1. The number of nitrogens with zero attached hydrogens (tertiary/aromatic N) is 3. The molecular formula is C22H24N4O2S. The van der Waals surface area contributed by atoms with E-state index in [1.165, 1.54) is 24.6 Å². The van der Waals surface area contributed by atoms with E-state index < -0.39 is 0 Å². The van der Waals surface area contributed by atoms with Crippen molar-refractivity contribution in [2.75, 3.05) is 5.32 Å². The molecule has 0 spiro atoms. The van der Waals surface area contributed by atoms with E-state index in [4.69, 9.17) is 4.74 Å². The van der Waals surface area contributed by atoms with Gasteiger partial charge in [0.1, 0.15) is 17.3 Å². The van der Waals surface area contributed by atoms with E-state index in [1.54, 1.807) is 0 Å². The molecular weight excluding hydrogens is 384 g/mol. The summed E-state index contributed by atoms with van der Waals surface area (Å²) < 4.78 is 7.91. The van der Waals surface area contributed by atoms with Crippen molar-refractivity contribution in [1.29, 1.82) is 0 Å². The zero-order chi connectivity index (χ0) is 20.2. The molecule has 0 saturated heterocycles. The number of carbonyl (C=O) groups is 1. The lowest BCUT2D eigenvalue weighted by Crippen LogP contribution is -2.23. The Morgan fingerprint density at radius 2 is 1.83 bits per heavy atom. The van der Waals surface area contributed by atoms with Gasteiger partial charge in [0, 0.05) is 18.2 Å². The Kier molecular flexibility index (Phi) is 5.85. The molecule has 1 aromatic heterocycles. The van der Waals surface area contributed by atoms with Crippen LogP contribution in [0, 0.1) is 0 Å². The number of hydrogen-bond donors (Lipinski definition) is 1. The third-order valence-corrected chi connectivity index (χ3v) is 5.84. The van der Waals surface area contributed by atoms with Crippen molar-refractivity contribution in [3.05, 3.63) is 60.4 Å². The first-order chi connectivity index (χ1) is 14.1. The Balaban J connectivity index is 1.35. The minimum absolute atomic E-state index is 0.0645. The molecule has 1 N–H and O–H groups in total. The smallest absolute Gasteiger partial charge is 0.237 e. The highest BCUT2D eigenvalue weighted by molar-refractivity contribution is 8.00. The molecule has 1 saturated carbocycles. The highest BCUT2D eigenvalue weighted by Crippen LogP contribution is 2.40. The number of aromatic nitrogens is 3. The van der Waals surface area contributed by atoms with Crippen LogP contribution in [0.25, 0.3) is 0 Å². The molecule has 1 heterocycles. The van der Waals surface area contributed by atoms with Gasteiger partial charge in [0.05, 0.1) is 5.25 Å². The Morgan fingerprint density at radius 1 is 1.14 bits per heavy atom. The van der Waals surface area contributed by atoms with Gasteiger partial charge in [0.15, 0.2) is 5.16 Å². The lowest BCUT2D eigenvalue weighted by molar-refractivity contribution is -0.115. The number of amides is 1. The van der Waals surface area contributed by atoms with E-state index in [2.05, 4.69) is 27.0 Å². The number of anilines is 1. The average Bonchev–Trinajstić information content (AvgIpc) is 3.51. The fourth-order valence-electron chi connectivity index (χ4n) is 3.01. The Labute approximate surface area is 174 Å². The molecule has 150 valence electrons. The second-order valence-electron chi connectivity index (χ2n) is 7.05. The second kappa shape index (κ2) is 8.69. The molecule has 29 heavy (non-hydrogen) atoms. The molecule has 0 radical (unpaired) electrons. The molecule has 7 heteroatoms. The summed E-state index contributed by atoms with van der Waals surface area (Å²) in [5.41, 5.74) is 0.735. The molecule has 0 aliphatic heterocycles. The van der Waals surface area contributed by atoms with Crippen molar-refractivity contribution in [2.24, 2.45) is 0 Å². The Morgan fingerprint density at radius 3 is 2.48 bits per heavy atom. The lowest BCUT2D eigenvalue weighted by Gasteiger charge is -2.13. The van der Waals surface area contributed by atoms with Crippen LogP contribution < -0.4 is 10.1 Å². The van der Waals surface area contributed by atoms with Crippen LogP contribution in [-0.2, 0) is 11.3 Å². The molecule has 4 rings (SSSR count). The molecule has 1 unspecified atom stereocenters. The van der Waals surface area contributed by atoms with Crippen LogP contribution in [0.5, 0.6) is 11.5 Å². The van der Waals surface area contributed by atoms with Crippen LogP contribution in [0.15, 0.2) is 59.8 Å². The predicted octanol–water partition coefficient (Wildman–Crippen LogP) is 5.09. The normalized spacial score (nSPS) is 14.4. The quantitative estimate of drug-likeness (QED) is 0.526. The van der Waals surface area contributed by atoms with Gasteiger partial charge in [-0.1, -0.05) is 30.0 Å². The van der Waals surface area contributed by atoms with Gasteiger partial charge < -0.3 is 14.6 Å². The van der Waals surface area contributed by atoms with Gasteiger partial charge in [0.25, 0.3) is 0 Å². The average molecular weight is 409 g/mol. The largest absolute Gasteiger partial charge is 0.457 e. The zero-order valence-electron chi connectivity index (χ0n) is 16.5. The van der Waals surface area contributed by atoms with Gasteiger partial charge in [-0.2, -0.15) is 0 Å². The van der Waals surface area contributed by atoms with Gasteiger partial charge in [-0.15, -0.1) is 10.2 Å². The maximum absolute atomic E-state index is 12.6. The van der Waals surface area contributed by atoms with E-state index in [1.807, 2.05) is 61.5 Å². The molecule has 1 aliphatic rings. The van der Waals surface area contributed by atoms with Crippen molar-refractivity contribution in [2.45, 2.75) is 49.6 Å². The first-order valence-electron chi connectivity index (χ1n) is 9.87. The zero-order valence-corrected chi connectivity index (χ0v) is 17.4. The number of hydrogen-bond acceptors (Lipinski definition) is 5. The van der Waals surface area contributed by atoms with Gasteiger partial charge in [-0.05, 0) is 63.1 Å². The molecule has 3 aromatic rings. The minimum Gasteiger partial charge on any atom is -0.457 e. The van der Waals surface area contributed by atoms with Gasteiger partial charge in [-0.25, -0.2) is 0 Å². The van der Waals surface area contributed by atoms with Crippen molar-refractivity contribution in [1.82, 2.24) is 14.8 Å². The third kappa shape index (κ3) is 4.79. The summed E-state index contributed by atoms with van der Waals surface area (Å²) in [6, 6.07) is 17.0. The van der Waals surface area contributed by atoms with Crippen molar-refractivity contribution in [3.63, 3.8) is 0 Å². The summed E-state index contributed by atoms with van der Waals surface area (Å²) in [5.74, 6) is 3.03. The fourth-order valence-corrected chi connectivity index (χ4v) is 3.93. The third-order valence-electron chi connectivity index (χ3n) is 4.76. The van der Waals surface area contributed by atoms with Crippen LogP contribution in [-0.4, -0.2) is 25.9 Å². The number of thioether (sulfide) groups is 1. The van der Waals surface area contributed by atoms with Crippen molar-refractivity contribution < 1.29 is 9.53 Å². The fraction of sp³-hybridized carbons (Fsp3) is 0.318. The number of benzene rings is 2. The van der Waals surface area contributed by atoms with E-state index >= 15 is 0 Å². The highest BCUT2D eigenvalue weighted by atomic mass is 32.2. The monoisotopic (exact) mass is 408 g/mol. The van der Waals surface area contributed by atoms with Crippen molar-refractivity contribution in [3.8, 4) is 11.5 Å². The lowest BCUT2D eigenvalue weighted by atomic mass is 10.3. The van der Waals surface area contributed by atoms with Crippen molar-refractivity contribution >= 4 is 23.4 Å². The number of ether oxygens (including phenoxy) is 1. The molecule has 2 aromatic carbocycles. The molecule has 6 nitrogen and oxygen atoms in total. The second-order valence-corrected chi connectivity index (χ2v) is 8.36. The molecule has 1 fully saturated rings. The summed E-state index contributed by atoms with van der Waals surface area (Å²) in [6.45, 7) is 4.79. The standard InChI is InChI=1S/C22H24N4O2S/c1-3-26-20(16-9-10-16)24-25-22(26)29-15(2)21(27)23-17-11-13-19(14-12-17)28-18-7-5-4-6-8-18/h4-8,11-16H,3,9-10H2,1-2H3,(H,23,27). The summed E-state index contributed by atoms with van der Waals surface area (Å²) in [6.07, 6.45) is 2.37. The minimum atomic E-state index is -0.281. The number of rotatable bonds is 8. The molecule has 1 amide bonds. The highest BCUT2D eigenvalue weighted by Gasteiger charge is 2.30. The van der Waals surface area contributed by atoms with E-state index in [-0.39, 0.29) is 11.2 Å². The van der Waals surface area contributed by atoms with E-state index in [0.29, 0.717) is 5.92 Å². The maximum Gasteiger partial charge on any atom is 0.237 e. The van der Waals surface area contributed by atoms with Gasteiger partial charge in [-0.3, -0.25) is 4.79 Å². The first-order valence-corrected chi connectivity index (χ1v) is 10.8. The van der Waals surface area contributed by atoms with E-state index in [9.17, 15) is 4.79 Å². The first kappa shape index (κ1) is 19.5. The molecule has 0 bridgehead atoms. The summed E-state index contributed by atoms with van der Waals surface area (Å²) >= 11 is 1.45. The predicted molar refractivity (Wildman–Crippen MR) is 115 cm³/mol. The molecule has 1 aliphatic carbocycles. The molecule has 1 atom stereocenters. The van der Waals surface area contributed by atoms with E-state index in [0.717, 1.165) is 34.7 Å². The van der Waals surface area contributed by atoms with Crippen LogP contribution in [0.4, 0.5) is 5.69 Å². The van der Waals surface area contributed by atoms with Gasteiger partial charge >= 0.3 is 0 Å². The summed E-state index contributed by atoms with van der Waals surface area (Å²) in [7, 11) is 0. The Bertz CT molecular complexity index is 968. The van der Waals surface area contributed by atoms with Crippen LogP contribution >= 0.6 is 11.8 Å². The topological polar surface area (TPSA) is 69.0 Å². The SMILES string of the molecule is CCn1c(SC(C)C(=O)Nc2ccc(Oc3ccccc3)cc2)nnc1C1CC1. The van der Waals surface area contributed by atoms with Crippen LogP contribution in [0.1, 0.15) is 38.4 Å². The van der Waals surface area contributed by atoms with Crippen LogP contribution in [0.2, 0.25) is 0 Å². The van der Waals surface area contributed by atoms with Crippen LogP contribution in [0.3, 0.4) is 0 Å². The summed E-state index contributed by atoms with van der Waals surface area (Å²) in [4.78, 5) is 12.6. The number of nitrogens with one attached hydrogen (secondary N) is 1. The van der Waals surface area contributed by atoms with Gasteiger partial charge in [0.2, 0.25) is 5.91 Å². The summed E-state index contributed by atoms with van der Waals surface area (Å²) in [5, 5.41) is 12.1.